The molecule has 0 atom stereocenters. The molecule has 0 radical (unpaired) electrons. The molecule has 0 saturated heterocycles. The van der Waals surface area contributed by atoms with Crippen LogP contribution in [0.4, 0.5) is 5.69 Å². The highest BCUT2D eigenvalue weighted by Crippen LogP contribution is 2.26. The van der Waals surface area contributed by atoms with Crippen molar-refractivity contribution in [1.29, 1.82) is 0 Å². The molecule has 0 aliphatic heterocycles. The lowest BCUT2D eigenvalue weighted by atomic mass is 10.3. The Hall–Kier alpha value is -1.42. The van der Waals surface area contributed by atoms with Gasteiger partial charge >= 0.3 is 0 Å². The van der Waals surface area contributed by atoms with E-state index in [9.17, 15) is 0 Å². The Morgan fingerprint density at radius 3 is 2.30 bits per heavy atom. The van der Waals surface area contributed by atoms with Crippen molar-refractivity contribution in [2.24, 2.45) is 0 Å². The first kappa shape index (κ1) is 6.70. The van der Waals surface area contributed by atoms with Crippen LogP contribution in [0.15, 0.2) is 18.2 Å². The average Bonchev–Trinajstić information content (AvgIpc) is 1.95. The first-order valence-electron chi connectivity index (χ1n) is 2.66. The van der Waals surface area contributed by atoms with Gasteiger partial charge in [-0.3, -0.25) is 10.7 Å². The van der Waals surface area contributed by atoms with Crippen LogP contribution in [-0.4, -0.2) is 15.4 Å². The van der Waals surface area contributed by atoms with Crippen molar-refractivity contribution in [3.63, 3.8) is 0 Å². The molecule has 0 spiro atoms. The lowest BCUT2D eigenvalue weighted by Gasteiger charge is -1.99. The van der Waals surface area contributed by atoms with E-state index in [2.05, 4.69) is 0 Å². The second-order valence-corrected chi connectivity index (χ2v) is 1.82. The molecule has 4 N–H and O–H groups in total. The summed E-state index contributed by atoms with van der Waals surface area (Å²) < 4.78 is 0. The molecule has 4 heteroatoms. The molecule has 0 aromatic heterocycles. The van der Waals surface area contributed by atoms with Crippen molar-refractivity contribution >= 4 is 5.69 Å². The molecule has 1 aromatic rings. The van der Waals surface area contributed by atoms with Gasteiger partial charge in [-0.25, -0.2) is 0 Å². The Labute approximate surface area is 57.3 Å². The van der Waals surface area contributed by atoms with Crippen LogP contribution < -0.4 is 5.48 Å². The number of rotatable bonds is 1. The summed E-state index contributed by atoms with van der Waals surface area (Å²) in [6.07, 6.45) is 0. The molecule has 0 bridgehead atoms. The molecule has 0 aliphatic carbocycles. The molecule has 4 nitrogen and oxygen atoms in total. The molecule has 0 saturated carbocycles. The molecule has 10 heavy (non-hydrogen) atoms. The summed E-state index contributed by atoms with van der Waals surface area (Å²) in [4.78, 5) is 0. The van der Waals surface area contributed by atoms with E-state index >= 15 is 0 Å². The summed E-state index contributed by atoms with van der Waals surface area (Å²) in [7, 11) is 0. The first-order valence-corrected chi connectivity index (χ1v) is 2.66. The highest BCUT2D eigenvalue weighted by Gasteiger charge is 1.97. The molecule has 1 rings (SSSR count). The van der Waals surface area contributed by atoms with Gasteiger partial charge in [0, 0.05) is 6.07 Å². The summed E-state index contributed by atoms with van der Waals surface area (Å²) in [5.74, 6) is -0.474. The zero-order valence-electron chi connectivity index (χ0n) is 5.07. The fourth-order valence-electron chi connectivity index (χ4n) is 0.593. The quantitative estimate of drug-likeness (QED) is 0.266. The average molecular weight is 141 g/mol. The molecule has 0 aliphatic rings. The topological polar surface area (TPSA) is 72.7 Å². The number of hydrogen-bond acceptors (Lipinski definition) is 4. The first-order chi connectivity index (χ1) is 4.74. The van der Waals surface area contributed by atoms with E-state index in [1.807, 2.05) is 5.48 Å². The van der Waals surface area contributed by atoms with Gasteiger partial charge in [-0.1, -0.05) is 0 Å². The lowest BCUT2D eigenvalue weighted by molar-refractivity contribution is 0.384. The number of anilines is 1. The molecule has 0 heterocycles. The maximum absolute atomic E-state index is 8.83. The highest BCUT2D eigenvalue weighted by atomic mass is 16.5. The Morgan fingerprint density at radius 1 is 1.10 bits per heavy atom. The summed E-state index contributed by atoms with van der Waals surface area (Å²) >= 11 is 0. The van der Waals surface area contributed by atoms with Crippen molar-refractivity contribution in [2.75, 3.05) is 5.48 Å². The highest BCUT2D eigenvalue weighted by molar-refractivity contribution is 5.52. The number of nitrogens with one attached hydrogen (secondary N) is 1. The van der Waals surface area contributed by atoms with Gasteiger partial charge < -0.3 is 10.2 Å². The van der Waals surface area contributed by atoms with Crippen molar-refractivity contribution in [2.45, 2.75) is 0 Å². The fraction of sp³-hybridized carbons (Fsp3) is 0. The summed E-state index contributed by atoms with van der Waals surface area (Å²) in [5, 5.41) is 25.9. The van der Waals surface area contributed by atoms with E-state index in [-0.39, 0.29) is 11.5 Å². The standard InChI is InChI=1S/C6H7NO3/c8-5-2-1-4(7-10)3-6(5)9/h1-3,7-10H. The maximum atomic E-state index is 8.83. The zero-order chi connectivity index (χ0) is 7.56. The Balaban J connectivity index is 3.04. The van der Waals surface area contributed by atoms with Gasteiger partial charge in [0.1, 0.15) is 0 Å². The lowest BCUT2D eigenvalue weighted by Crippen LogP contribution is -1.87. The maximum Gasteiger partial charge on any atom is 0.159 e. The predicted octanol–water partition coefficient (Wildman–Crippen LogP) is 0.899. The van der Waals surface area contributed by atoms with Gasteiger partial charge in [-0.2, -0.15) is 0 Å². The summed E-state index contributed by atoms with van der Waals surface area (Å²) in [6, 6.07) is 3.90. The zero-order valence-corrected chi connectivity index (χ0v) is 5.07. The van der Waals surface area contributed by atoms with Crippen molar-refractivity contribution in [3.8, 4) is 11.5 Å². The van der Waals surface area contributed by atoms with Gasteiger partial charge in [-0.05, 0) is 12.1 Å². The molecule has 0 amide bonds. The van der Waals surface area contributed by atoms with Crippen LogP contribution in [0.1, 0.15) is 0 Å². The SMILES string of the molecule is ONc1ccc(O)c(O)c1. The van der Waals surface area contributed by atoms with Crippen LogP contribution in [-0.2, 0) is 0 Å². The fourth-order valence-corrected chi connectivity index (χ4v) is 0.593. The molecule has 1 aromatic carbocycles. The Kier molecular flexibility index (Phi) is 1.64. The molecule has 0 fully saturated rings. The van der Waals surface area contributed by atoms with Gasteiger partial charge in [0.2, 0.25) is 0 Å². The number of phenols is 2. The smallest absolute Gasteiger partial charge is 0.159 e. The van der Waals surface area contributed by atoms with E-state index in [0.29, 0.717) is 5.69 Å². The van der Waals surface area contributed by atoms with Crippen LogP contribution in [0.5, 0.6) is 11.5 Å². The van der Waals surface area contributed by atoms with Crippen molar-refractivity contribution in [3.05, 3.63) is 18.2 Å². The van der Waals surface area contributed by atoms with E-state index < -0.39 is 0 Å². The van der Waals surface area contributed by atoms with E-state index in [1.165, 1.54) is 18.2 Å². The minimum absolute atomic E-state index is 0.209. The summed E-state index contributed by atoms with van der Waals surface area (Å²) in [6.45, 7) is 0. The van der Waals surface area contributed by atoms with Gasteiger partial charge in [0.15, 0.2) is 11.5 Å². The number of hydrogen-bond donors (Lipinski definition) is 4. The Bertz CT molecular complexity index is 236. The van der Waals surface area contributed by atoms with E-state index in [1.54, 1.807) is 0 Å². The normalized spacial score (nSPS) is 9.30. The molecular formula is C6H7NO3. The van der Waals surface area contributed by atoms with Crippen molar-refractivity contribution < 1.29 is 15.4 Å². The van der Waals surface area contributed by atoms with Crippen LogP contribution in [0, 0.1) is 0 Å². The third-order valence-electron chi connectivity index (χ3n) is 1.10. The Morgan fingerprint density at radius 2 is 1.80 bits per heavy atom. The number of benzene rings is 1. The van der Waals surface area contributed by atoms with Crippen LogP contribution in [0.2, 0.25) is 0 Å². The number of aromatic hydroxyl groups is 2. The third kappa shape index (κ3) is 1.11. The monoisotopic (exact) mass is 141 g/mol. The minimum Gasteiger partial charge on any atom is -0.504 e. The number of phenolic OH excluding ortho intramolecular Hbond substituents is 2. The molecular weight excluding hydrogens is 134 g/mol. The second-order valence-electron chi connectivity index (χ2n) is 1.82. The largest absolute Gasteiger partial charge is 0.504 e. The minimum atomic E-state index is -0.265. The van der Waals surface area contributed by atoms with Gasteiger partial charge in [-0.15, -0.1) is 0 Å². The van der Waals surface area contributed by atoms with Gasteiger partial charge in [0.05, 0.1) is 5.69 Å². The molecule has 0 unspecified atom stereocenters. The van der Waals surface area contributed by atoms with Crippen LogP contribution in [0.25, 0.3) is 0 Å². The second kappa shape index (κ2) is 2.45. The molecule has 54 valence electrons. The van der Waals surface area contributed by atoms with E-state index in [4.69, 9.17) is 15.4 Å². The van der Waals surface area contributed by atoms with Crippen molar-refractivity contribution in [1.82, 2.24) is 0 Å². The van der Waals surface area contributed by atoms with Gasteiger partial charge in [0.25, 0.3) is 0 Å². The van der Waals surface area contributed by atoms with Crippen LogP contribution in [0.3, 0.4) is 0 Å². The third-order valence-corrected chi connectivity index (χ3v) is 1.10. The predicted molar refractivity (Wildman–Crippen MR) is 35.2 cm³/mol. The summed E-state index contributed by atoms with van der Waals surface area (Å²) in [5.41, 5.74) is 2.15. The van der Waals surface area contributed by atoms with Crippen LogP contribution >= 0.6 is 0 Å². The van der Waals surface area contributed by atoms with E-state index in [0.717, 1.165) is 0 Å².